The fraction of sp³-hybridized carbons (Fsp3) is 0.333. The molecule has 1 aliphatic heterocycles. The summed E-state index contributed by atoms with van der Waals surface area (Å²) >= 11 is 1.19. The molecule has 0 radical (unpaired) electrons. The number of likely N-dealkylation sites (tertiary alicyclic amines) is 1. The molecule has 3 aromatic heterocycles. The van der Waals surface area contributed by atoms with E-state index in [1.54, 1.807) is 30.3 Å². The van der Waals surface area contributed by atoms with E-state index < -0.39 is 0 Å². The molecule has 0 saturated carbocycles. The zero-order chi connectivity index (χ0) is 27.4. The minimum absolute atomic E-state index is 0.127. The van der Waals surface area contributed by atoms with Gasteiger partial charge in [-0.2, -0.15) is 4.37 Å². The first-order chi connectivity index (χ1) is 18.9. The van der Waals surface area contributed by atoms with Gasteiger partial charge in [0.25, 0.3) is 5.91 Å². The maximum Gasteiger partial charge on any atom is 0.410 e. The van der Waals surface area contributed by atoms with Crippen LogP contribution in [0.15, 0.2) is 48.8 Å². The lowest BCUT2D eigenvalue weighted by Gasteiger charge is -2.32. The number of benzene rings is 1. The molecule has 4 aromatic rings. The first kappa shape index (κ1) is 26.3. The van der Waals surface area contributed by atoms with Crippen LogP contribution in [-0.2, 0) is 4.74 Å². The standard InChI is InChI=1S/C27H30N8O3S/c1-16(2)38-27(37)35-12-10-18(11-13-35)30-22-9-8-19(14-29-22)31-25(36)24-17(3)34-39-26(24)33-23-15-28-20-6-4-5-7-21(20)32-23/h4-9,14-16,18H,10-13H2,1-3H3,(H,29,30)(H,31,36)(H,32,33). The highest BCUT2D eigenvalue weighted by molar-refractivity contribution is 7.10. The Morgan fingerprint density at radius 1 is 1.03 bits per heavy atom. The van der Waals surface area contributed by atoms with Crippen molar-refractivity contribution in [1.82, 2.24) is 24.2 Å². The van der Waals surface area contributed by atoms with Crippen molar-refractivity contribution in [2.24, 2.45) is 0 Å². The molecule has 3 N–H and O–H groups in total. The number of carbonyl (C=O) groups excluding carboxylic acids is 2. The molecule has 2 amide bonds. The Morgan fingerprint density at radius 2 is 1.79 bits per heavy atom. The molecule has 0 spiro atoms. The van der Waals surface area contributed by atoms with Gasteiger partial charge in [0.2, 0.25) is 0 Å². The van der Waals surface area contributed by atoms with Crippen LogP contribution >= 0.6 is 11.5 Å². The summed E-state index contributed by atoms with van der Waals surface area (Å²) < 4.78 is 9.64. The molecule has 39 heavy (non-hydrogen) atoms. The number of aryl methyl sites for hydroxylation is 1. The number of carbonyl (C=O) groups is 2. The summed E-state index contributed by atoms with van der Waals surface area (Å²) in [6.07, 6.45) is 4.46. The number of rotatable bonds is 7. The van der Waals surface area contributed by atoms with Gasteiger partial charge in [-0.25, -0.2) is 14.8 Å². The number of pyridine rings is 1. The molecule has 4 heterocycles. The molecule has 1 fully saturated rings. The Labute approximate surface area is 230 Å². The molecule has 1 saturated heterocycles. The lowest BCUT2D eigenvalue weighted by molar-refractivity contribution is 0.0701. The van der Waals surface area contributed by atoms with E-state index in [4.69, 9.17) is 4.74 Å². The van der Waals surface area contributed by atoms with Crippen molar-refractivity contribution in [3.05, 3.63) is 60.0 Å². The maximum absolute atomic E-state index is 13.2. The van der Waals surface area contributed by atoms with Crippen molar-refractivity contribution >= 4 is 56.9 Å². The van der Waals surface area contributed by atoms with Gasteiger partial charge in [-0.15, -0.1) is 0 Å². The molecular formula is C27H30N8O3S. The number of anilines is 4. The zero-order valence-corrected chi connectivity index (χ0v) is 22.8. The van der Waals surface area contributed by atoms with Crippen molar-refractivity contribution < 1.29 is 14.3 Å². The van der Waals surface area contributed by atoms with Crippen LogP contribution in [-0.4, -0.2) is 61.5 Å². The van der Waals surface area contributed by atoms with E-state index in [0.29, 0.717) is 46.7 Å². The highest BCUT2D eigenvalue weighted by Crippen LogP contribution is 2.29. The fourth-order valence-corrected chi connectivity index (χ4v) is 5.10. The third kappa shape index (κ3) is 6.40. The van der Waals surface area contributed by atoms with Gasteiger partial charge in [0.05, 0.1) is 46.5 Å². The Kier molecular flexibility index (Phi) is 7.82. The molecule has 11 nitrogen and oxygen atoms in total. The average Bonchev–Trinajstić information content (AvgIpc) is 3.29. The quantitative estimate of drug-likeness (QED) is 0.286. The predicted molar refractivity (Wildman–Crippen MR) is 152 cm³/mol. The first-order valence-electron chi connectivity index (χ1n) is 12.8. The van der Waals surface area contributed by atoms with Gasteiger partial charge in [0.1, 0.15) is 16.6 Å². The van der Waals surface area contributed by atoms with Crippen molar-refractivity contribution in [2.45, 2.75) is 45.8 Å². The van der Waals surface area contributed by atoms with Gasteiger partial charge in [-0.05, 0) is 69.4 Å². The second-order valence-electron chi connectivity index (χ2n) is 9.57. The smallest absolute Gasteiger partial charge is 0.410 e. The average molecular weight is 547 g/mol. The number of para-hydroxylation sites is 2. The van der Waals surface area contributed by atoms with Gasteiger partial charge >= 0.3 is 6.09 Å². The number of fused-ring (bicyclic) bond motifs is 1. The number of hydrogen-bond acceptors (Lipinski definition) is 10. The lowest BCUT2D eigenvalue weighted by atomic mass is 10.1. The number of hydrogen-bond donors (Lipinski definition) is 3. The van der Waals surface area contributed by atoms with Gasteiger partial charge in [0.15, 0.2) is 0 Å². The van der Waals surface area contributed by atoms with E-state index in [-0.39, 0.29) is 24.1 Å². The van der Waals surface area contributed by atoms with Crippen molar-refractivity contribution in [1.29, 1.82) is 0 Å². The van der Waals surface area contributed by atoms with Gasteiger partial charge in [-0.3, -0.25) is 9.78 Å². The van der Waals surface area contributed by atoms with Crippen LogP contribution < -0.4 is 16.0 Å². The maximum atomic E-state index is 13.2. The Morgan fingerprint density at radius 3 is 2.51 bits per heavy atom. The predicted octanol–water partition coefficient (Wildman–Crippen LogP) is 5.21. The second-order valence-corrected chi connectivity index (χ2v) is 10.3. The third-order valence-electron chi connectivity index (χ3n) is 6.24. The number of nitrogens with one attached hydrogen (secondary N) is 3. The highest BCUT2D eigenvalue weighted by Gasteiger charge is 2.24. The number of nitrogens with zero attached hydrogens (tertiary/aromatic N) is 5. The summed E-state index contributed by atoms with van der Waals surface area (Å²) in [6.45, 7) is 6.75. The molecule has 0 atom stereocenters. The van der Waals surface area contributed by atoms with Crippen molar-refractivity contribution in [3.63, 3.8) is 0 Å². The minimum atomic E-state index is -0.291. The summed E-state index contributed by atoms with van der Waals surface area (Å²) in [5.74, 6) is 0.952. The zero-order valence-electron chi connectivity index (χ0n) is 22.0. The van der Waals surface area contributed by atoms with Crippen LogP contribution in [0.3, 0.4) is 0 Å². The highest BCUT2D eigenvalue weighted by atomic mass is 32.1. The van der Waals surface area contributed by atoms with E-state index in [9.17, 15) is 9.59 Å². The summed E-state index contributed by atoms with van der Waals surface area (Å²) in [4.78, 5) is 40.5. The van der Waals surface area contributed by atoms with Crippen LogP contribution in [0.25, 0.3) is 11.0 Å². The second kappa shape index (κ2) is 11.6. The first-order valence-corrected chi connectivity index (χ1v) is 13.6. The summed E-state index contributed by atoms with van der Waals surface area (Å²) in [5, 5.41) is 10.1. The summed E-state index contributed by atoms with van der Waals surface area (Å²) in [7, 11) is 0. The normalized spacial score (nSPS) is 13.9. The SMILES string of the molecule is Cc1nsc(Nc2cnc3ccccc3n2)c1C(=O)Nc1ccc(NC2CCN(C(=O)OC(C)C)CC2)nc1. The van der Waals surface area contributed by atoms with E-state index >= 15 is 0 Å². The van der Waals surface area contributed by atoms with Crippen molar-refractivity contribution in [2.75, 3.05) is 29.0 Å². The van der Waals surface area contributed by atoms with Crippen LogP contribution in [0.2, 0.25) is 0 Å². The minimum Gasteiger partial charge on any atom is -0.447 e. The molecule has 202 valence electrons. The molecule has 0 bridgehead atoms. The van der Waals surface area contributed by atoms with E-state index in [0.717, 1.165) is 23.9 Å². The van der Waals surface area contributed by atoms with Crippen LogP contribution in [0.1, 0.15) is 42.7 Å². The molecule has 0 unspecified atom stereocenters. The molecule has 12 heteroatoms. The third-order valence-corrected chi connectivity index (χ3v) is 7.10. The summed E-state index contributed by atoms with van der Waals surface area (Å²) in [6, 6.07) is 11.4. The molecule has 5 rings (SSSR count). The van der Waals surface area contributed by atoms with Crippen LogP contribution in [0.4, 0.5) is 27.1 Å². The number of ether oxygens (including phenoxy) is 1. The number of piperidine rings is 1. The van der Waals surface area contributed by atoms with Gasteiger partial charge in [0, 0.05) is 19.1 Å². The Bertz CT molecular complexity index is 1470. The number of aromatic nitrogens is 4. The molecule has 1 aliphatic rings. The topological polar surface area (TPSA) is 134 Å². The van der Waals surface area contributed by atoms with E-state index in [1.807, 2.05) is 44.2 Å². The van der Waals surface area contributed by atoms with Crippen LogP contribution in [0, 0.1) is 6.92 Å². The largest absolute Gasteiger partial charge is 0.447 e. The summed E-state index contributed by atoms with van der Waals surface area (Å²) in [5.41, 5.74) is 3.18. The van der Waals surface area contributed by atoms with E-state index in [2.05, 4.69) is 35.3 Å². The Balaban J connectivity index is 1.18. The monoisotopic (exact) mass is 546 g/mol. The Hall–Kier alpha value is -4.32. The lowest BCUT2D eigenvalue weighted by Crippen LogP contribution is -2.43. The molecular weight excluding hydrogens is 516 g/mol. The fourth-order valence-electron chi connectivity index (χ4n) is 4.29. The number of amides is 2. The van der Waals surface area contributed by atoms with E-state index in [1.165, 1.54) is 11.5 Å². The van der Waals surface area contributed by atoms with Gasteiger partial charge in [-0.1, -0.05) is 12.1 Å². The van der Waals surface area contributed by atoms with Crippen molar-refractivity contribution in [3.8, 4) is 0 Å². The molecule has 0 aliphatic carbocycles. The molecule has 1 aromatic carbocycles. The van der Waals surface area contributed by atoms with Crippen LogP contribution in [0.5, 0.6) is 0 Å². The van der Waals surface area contributed by atoms with Gasteiger partial charge < -0.3 is 25.6 Å².